The van der Waals surface area contributed by atoms with Gasteiger partial charge in [-0.25, -0.2) is 0 Å². The summed E-state index contributed by atoms with van der Waals surface area (Å²) in [5, 5.41) is 10.6. The molecule has 0 aliphatic carbocycles. The van der Waals surface area contributed by atoms with Crippen molar-refractivity contribution in [1.82, 2.24) is 5.32 Å². The molecule has 0 aromatic carbocycles. The summed E-state index contributed by atoms with van der Waals surface area (Å²) in [7, 11) is 0. The fraction of sp³-hybridized carbons (Fsp3) is 0.667. The normalized spacial score (nSPS) is 13.9. The van der Waals surface area contributed by atoms with E-state index in [1.165, 1.54) is 13.8 Å². The molecule has 4 N–H and O–H groups in total. The summed E-state index contributed by atoms with van der Waals surface area (Å²) in [6.07, 6.45) is 0. The van der Waals surface area contributed by atoms with Crippen LogP contribution < -0.4 is 11.1 Å². The van der Waals surface area contributed by atoms with Crippen molar-refractivity contribution in [3.63, 3.8) is 0 Å². The fourth-order valence-electron chi connectivity index (χ4n) is 0.407. The Labute approximate surface area is 93.0 Å². The molecule has 0 radical (unpaired) electrons. The van der Waals surface area contributed by atoms with Crippen LogP contribution in [0.15, 0.2) is 0 Å². The van der Waals surface area contributed by atoms with E-state index in [2.05, 4.69) is 5.32 Å². The molecule has 0 spiro atoms. The van der Waals surface area contributed by atoms with Crippen LogP contribution in [0.2, 0.25) is 0 Å². The van der Waals surface area contributed by atoms with Gasteiger partial charge in [-0.15, -0.1) is 0 Å². The number of rotatable bonds is 3. The van der Waals surface area contributed by atoms with Gasteiger partial charge in [0.15, 0.2) is 0 Å². The van der Waals surface area contributed by atoms with Crippen molar-refractivity contribution >= 4 is 41.4 Å². The maximum atomic E-state index is 10.8. The Balaban J connectivity index is 0. The molecule has 0 saturated carbocycles. The molecule has 5 nitrogen and oxygen atoms in total. The Morgan fingerprint density at radius 2 is 1.83 bits per heavy atom. The summed E-state index contributed by atoms with van der Waals surface area (Å²) >= 11 is 0. The third-order valence-corrected chi connectivity index (χ3v) is 1.14. The van der Waals surface area contributed by atoms with Crippen LogP contribution in [-0.4, -0.2) is 58.6 Å². The van der Waals surface area contributed by atoms with Crippen molar-refractivity contribution in [2.45, 2.75) is 25.9 Å². The average molecular weight is 184 g/mol. The molecule has 12 heavy (non-hydrogen) atoms. The van der Waals surface area contributed by atoms with Gasteiger partial charge in [-0.1, -0.05) is 0 Å². The molecule has 0 aromatic rings. The Hall–Kier alpha value is -0.100. The first-order valence-corrected chi connectivity index (χ1v) is 3.24. The summed E-state index contributed by atoms with van der Waals surface area (Å²) < 4.78 is 0. The van der Waals surface area contributed by atoms with Gasteiger partial charge >= 0.3 is 35.5 Å². The third kappa shape index (κ3) is 5.54. The van der Waals surface area contributed by atoms with Crippen LogP contribution in [0.25, 0.3) is 0 Å². The molecular formula is C6H13N2NaO3. The van der Waals surface area contributed by atoms with Crippen molar-refractivity contribution in [3.8, 4) is 0 Å². The topological polar surface area (TPSA) is 92.4 Å². The van der Waals surface area contributed by atoms with Gasteiger partial charge in [0.2, 0.25) is 5.91 Å². The molecule has 0 fully saturated rings. The van der Waals surface area contributed by atoms with Crippen LogP contribution in [-0.2, 0) is 9.59 Å². The van der Waals surface area contributed by atoms with Crippen LogP contribution in [0.4, 0.5) is 0 Å². The van der Waals surface area contributed by atoms with Crippen LogP contribution >= 0.6 is 0 Å². The number of nitrogens with two attached hydrogens (primary N) is 1. The number of carboxylic acids is 1. The monoisotopic (exact) mass is 184 g/mol. The van der Waals surface area contributed by atoms with E-state index in [1.807, 2.05) is 0 Å². The summed E-state index contributed by atoms with van der Waals surface area (Å²) in [5.74, 6) is -1.53. The number of carboxylic acid groups (broad SMARTS) is 1. The van der Waals surface area contributed by atoms with E-state index in [9.17, 15) is 9.59 Å². The molecule has 0 aliphatic heterocycles. The van der Waals surface area contributed by atoms with E-state index in [4.69, 9.17) is 10.8 Å². The van der Waals surface area contributed by atoms with Crippen molar-refractivity contribution in [1.29, 1.82) is 0 Å². The Bertz CT molecular complexity index is 172. The zero-order valence-corrected chi connectivity index (χ0v) is 6.50. The molecule has 0 unspecified atom stereocenters. The van der Waals surface area contributed by atoms with E-state index in [0.29, 0.717) is 0 Å². The second-order valence-electron chi connectivity index (χ2n) is 2.36. The molecule has 0 aromatic heterocycles. The van der Waals surface area contributed by atoms with E-state index in [1.54, 1.807) is 0 Å². The predicted octanol–water partition coefficient (Wildman–Crippen LogP) is -1.73. The summed E-state index contributed by atoms with van der Waals surface area (Å²) in [5.41, 5.74) is 5.18. The SMILES string of the molecule is C[C@H](N)C(=O)N[C@@H](C)C(=O)O.[NaH]. The van der Waals surface area contributed by atoms with Crippen molar-refractivity contribution in [2.24, 2.45) is 5.73 Å². The Kier molecular flexibility index (Phi) is 7.72. The Morgan fingerprint density at radius 3 is 2.08 bits per heavy atom. The van der Waals surface area contributed by atoms with E-state index >= 15 is 0 Å². The number of nitrogens with one attached hydrogen (secondary N) is 1. The van der Waals surface area contributed by atoms with Gasteiger partial charge in [0, 0.05) is 0 Å². The fourth-order valence-corrected chi connectivity index (χ4v) is 0.407. The van der Waals surface area contributed by atoms with Crippen LogP contribution in [0, 0.1) is 0 Å². The summed E-state index contributed by atoms with van der Waals surface area (Å²) in [4.78, 5) is 21.0. The van der Waals surface area contributed by atoms with Gasteiger partial charge < -0.3 is 16.2 Å². The van der Waals surface area contributed by atoms with Crippen molar-refractivity contribution in [3.05, 3.63) is 0 Å². The molecule has 0 aliphatic rings. The molecule has 2 atom stereocenters. The number of carbonyl (C=O) groups excluding carboxylic acids is 1. The van der Waals surface area contributed by atoms with Gasteiger partial charge in [0.1, 0.15) is 6.04 Å². The Morgan fingerprint density at radius 1 is 1.42 bits per heavy atom. The predicted molar refractivity (Wildman–Crippen MR) is 46.0 cm³/mol. The van der Waals surface area contributed by atoms with E-state index in [0.717, 1.165) is 0 Å². The van der Waals surface area contributed by atoms with Gasteiger partial charge in [0.25, 0.3) is 0 Å². The number of amides is 1. The standard InChI is InChI=1S/C6H12N2O3.Na.H/c1-3(7)5(9)8-4(2)6(10)11;;/h3-4H,7H2,1-2H3,(H,8,9)(H,10,11);;/t3-,4-;;/m0../s1. The second-order valence-corrected chi connectivity index (χ2v) is 2.36. The molecule has 1 amide bonds. The third-order valence-electron chi connectivity index (χ3n) is 1.14. The number of hydrogen-bond donors (Lipinski definition) is 3. The van der Waals surface area contributed by atoms with Crippen LogP contribution in [0.3, 0.4) is 0 Å². The van der Waals surface area contributed by atoms with Crippen molar-refractivity contribution < 1.29 is 14.7 Å². The summed E-state index contributed by atoms with van der Waals surface area (Å²) in [6.45, 7) is 2.87. The minimum atomic E-state index is -1.07. The van der Waals surface area contributed by atoms with Gasteiger partial charge in [-0.2, -0.15) is 0 Å². The molecule has 66 valence electrons. The molecular weight excluding hydrogens is 171 g/mol. The van der Waals surface area contributed by atoms with Gasteiger partial charge in [0.05, 0.1) is 6.04 Å². The number of carbonyl (C=O) groups is 2. The van der Waals surface area contributed by atoms with Crippen LogP contribution in [0.1, 0.15) is 13.8 Å². The van der Waals surface area contributed by atoms with Gasteiger partial charge in [-0.05, 0) is 13.8 Å². The number of aliphatic carboxylic acids is 1. The van der Waals surface area contributed by atoms with E-state index in [-0.39, 0.29) is 29.6 Å². The first-order valence-electron chi connectivity index (χ1n) is 3.24. The molecule has 0 rings (SSSR count). The maximum absolute atomic E-state index is 10.8. The molecule has 6 heteroatoms. The second kappa shape index (κ2) is 6.42. The first-order chi connectivity index (χ1) is 4.95. The van der Waals surface area contributed by atoms with Gasteiger partial charge in [-0.3, -0.25) is 9.59 Å². The molecule has 0 bridgehead atoms. The quantitative estimate of drug-likeness (QED) is 0.455. The average Bonchev–Trinajstić information content (AvgIpc) is 1.87. The minimum absolute atomic E-state index is 0. The van der Waals surface area contributed by atoms with Crippen LogP contribution in [0.5, 0.6) is 0 Å². The molecule has 0 heterocycles. The molecule has 0 saturated heterocycles. The zero-order valence-electron chi connectivity index (χ0n) is 6.50. The van der Waals surface area contributed by atoms with E-state index < -0.39 is 24.0 Å². The first kappa shape index (κ1) is 14.4. The number of hydrogen-bond acceptors (Lipinski definition) is 3. The zero-order chi connectivity index (χ0) is 9.02. The summed E-state index contributed by atoms with van der Waals surface area (Å²) in [6, 6.07) is -1.55. The van der Waals surface area contributed by atoms with Crippen molar-refractivity contribution in [2.75, 3.05) is 0 Å².